The Morgan fingerprint density at radius 3 is 1.60 bits per heavy atom. The highest BCUT2D eigenvalue weighted by molar-refractivity contribution is 6.67. The molecule has 0 saturated carbocycles. The fourth-order valence-electron chi connectivity index (χ4n) is 3.62. The molecular formula is C37H44N6O12. The molecule has 0 aliphatic heterocycles. The molecule has 0 saturated heterocycles. The zero-order chi connectivity index (χ0) is 42.2. The van der Waals surface area contributed by atoms with Gasteiger partial charge in [-0.05, 0) is 56.3 Å². The molecule has 18 nitrogen and oxygen atoms in total. The van der Waals surface area contributed by atoms with Gasteiger partial charge in [0.25, 0.3) is 11.8 Å². The lowest BCUT2D eigenvalue weighted by Gasteiger charge is -2.11. The molecular weight excluding hydrogens is 720 g/mol. The van der Waals surface area contributed by atoms with E-state index in [1.54, 1.807) is 6.92 Å². The van der Waals surface area contributed by atoms with E-state index in [1.807, 2.05) is 13.8 Å². The molecule has 2 aromatic carbocycles. The third-order valence-electron chi connectivity index (χ3n) is 6.37. The van der Waals surface area contributed by atoms with Crippen LogP contribution in [0.1, 0.15) is 62.3 Å². The molecule has 0 bridgehead atoms. The normalized spacial score (nSPS) is 11.1. The minimum Gasteiger partial charge on any atom is -0.478 e. The number of amides is 2. The molecule has 0 radical (unpaired) electrons. The summed E-state index contributed by atoms with van der Waals surface area (Å²) in [7, 11) is 3.52. The standard InChI is InChI=1S/C29H30N6O10.C6H8O2.C2H6/c1-15(27(40)43-4)14-30-34-23(16(2)36)25(38)31-19-8-10-20(11-9-19)32-26(39)24(17(3)37)35-33-22-13-18(28(41)44-5)7-12-21(22)29(42)45-6;1-3-5(4-2)6(7)8;1-2/h7-14,30,33H,1-6H3,(H,31,38)(H,32,39);3-4H,1H2,2H3,(H,7,8);1-2H3/b15-14-,34-23-,35-24-;5-4+;. The largest absolute Gasteiger partial charge is 0.478 e. The molecule has 0 heterocycles. The van der Waals surface area contributed by atoms with Gasteiger partial charge in [0.1, 0.15) is 0 Å². The lowest BCUT2D eigenvalue weighted by Crippen LogP contribution is -2.30. The van der Waals surface area contributed by atoms with Gasteiger partial charge < -0.3 is 30.0 Å². The SMILES string of the molecule is C=C/C(=C\C)C(=O)O.CC.COC(=O)/C(C)=C\N/N=C(/C(C)=O)C(=O)Nc1ccc(NC(=O)/C(=N\Nc2cc(C(=O)OC)ccc2C(=O)OC)C(C)=O)cc1. The average Bonchev–Trinajstić information content (AvgIpc) is 3.17. The van der Waals surface area contributed by atoms with Gasteiger partial charge in [-0.3, -0.25) is 30.0 Å². The number of rotatable bonds is 15. The Morgan fingerprint density at radius 2 is 1.22 bits per heavy atom. The van der Waals surface area contributed by atoms with Crippen molar-refractivity contribution in [2.75, 3.05) is 37.4 Å². The van der Waals surface area contributed by atoms with E-state index in [9.17, 15) is 38.4 Å². The first-order valence-corrected chi connectivity index (χ1v) is 16.0. The number of hydrogen-bond donors (Lipinski definition) is 5. The van der Waals surface area contributed by atoms with Gasteiger partial charge in [-0.1, -0.05) is 32.6 Å². The van der Waals surface area contributed by atoms with Crippen molar-refractivity contribution in [1.82, 2.24) is 5.43 Å². The zero-order valence-corrected chi connectivity index (χ0v) is 31.8. The first-order valence-electron chi connectivity index (χ1n) is 16.0. The molecule has 0 aliphatic carbocycles. The Kier molecular flexibility index (Phi) is 21.6. The van der Waals surface area contributed by atoms with Crippen LogP contribution >= 0.6 is 0 Å². The maximum absolute atomic E-state index is 12.9. The minimum atomic E-state index is -0.928. The Hall–Kier alpha value is -7.24. The number of carboxylic acid groups (broad SMARTS) is 1. The van der Waals surface area contributed by atoms with Crippen LogP contribution in [-0.2, 0) is 43.0 Å². The number of nitrogens with zero attached hydrogens (tertiary/aromatic N) is 2. The van der Waals surface area contributed by atoms with Gasteiger partial charge in [0.05, 0.1) is 49.3 Å². The summed E-state index contributed by atoms with van der Waals surface area (Å²) in [5.74, 6) is -6.18. The third kappa shape index (κ3) is 15.9. The topological polar surface area (TPSA) is 257 Å². The van der Waals surface area contributed by atoms with Crippen LogP contribution in [0.3, 0.4) is 0 Å². The fraction of sp³-hybridized carbons (Fsp3) is 0.243. The van der Waals surface area contributed by atoms with Crippen molar-refractivity contribution in [2.45, 2.75) is 41.5 Å². The molecule has 2 rings (SSSR count). The van der Waals surface area contributed by atoms with E-state index in [2.05, 4.69) is 47.7 Å². The van der Waals surface area contributed by atoms with Gasteiger partial charge in [0.2, 0.25) is 0 Å². The quantitative estimate of drug-likeness (QED) is 0.0326. The molecule has 294 valence electrons. The first kappa shape index (κ1) is 47.8. The Bertz CT molecular complexity index is 1890. The molecule has 0 aromatic heterocycles. The second-order valence-electron chi connectivity index (χ2n) is 10.1. The number of allylic oxidation sites excluding steroid dienone is 1. The number of methoxy groups -OCH3 is 3. The van der Waals surface area contributed by atoms with Gasteiger partial charge in [-0.25, -0.2) is 19.2 Å². The number of aliphatic carboxylic acids is 1. The summed E-state index contributed by atoms with van der Waals surface area (Å²) >= 11 is 0. The summed E-state index contributed by atoms with van der Waals surface area (Å²) in [4.78, 5) is 95.2. The molecule has 0 spiro atoms. The van der Waals surface area contributed by atoms with Crippen LogP contribution < -0.4 is 21.5 Å². The summed E-state index contributed by atoms with van der Waals surface area (Å²) in [5.41, 5.74) is 4.58. The van der Waals surface area contributed by atoms with Crippen LogP contribution in [0.15, 0.2) is 88.7 Å². The second kappa shape index (κ2) is 24.9. The summed E-state index contributed by atoms with van der Waals surface area (Å²) in [6.07, 6.45) is 3.96. The van der Waals surface area contributed by atoms with Crippen molar-refractivity contribution in [3.8, 4) is 0 Å². The van der Waals surface area contributed by atoms with E-state index < -0.39 is 58.7 Å². The monoisotopic (exact) mass is 764 g/mol. The number of carbonyl (C=O) groups is 8. The highest BCUT2D eigenvalue weighted by atomic mass is 16.5. The Morgan fingerprint density at radius 1 is 0.727 bits per heavy atom. The van der Waals surface area contributed by atoms with Crippen molar-refractivity contribution in [3.05, 3.63) is 89.7 Å². The van der Waals surface area contributed by atoms with Crippen LogP contribution in [-0.4, -0.2) is 85.1 Å². The van der Waals surface area contributed by atoms with Crippen LogP contribution in [0, 0.1) is 0 Å². The molecule has 55 heavy (non-hydrogen) atoms. The maximum atomic E-state index is 12.9. The zero-order valence-electron chi connectivity index (χ0n) is 31.8. The minimum absolute atomic E-state index is 0.0311. The van der Waals surface area contributed by atoms with Crippen molar-refractivity contribution >= 4 is 75.7 Å². The maximum Gasteiger partial charge on any atom is 0.340 e. The van der Waals surface area contributed by atoms with Crippen molar-refractivity contribution in [3.63, 3.8) is 0 Å². The lowest BCUT2D eigenvalue weighted by atomic mass is 10.1. The first-order chi connectivity index (χ1) is 26.0. The van der Waals surface area contributed by atoms with Gasteiger partial charge in [-0.2, -0.15) is 10.2 Å². The van der Waals surface area contributed by atoms with Crippen molar-refractivity contribution in [2.24, 2.45) is 10.2 Å². The van der Waals surface area contributed by atoms with E-state index >= 15 is 0 Å². The predicted octanol–water partition coefficient (Wildman–Crippen LogP) is 4.03. The number of nitrogens with one attached hydrogen (secondary N) is 4. The smallest absolute Gasteiger partial charge is 0.340 e. The number of carbonyl (C=O) groups excluding carboxylic acids is 7. The van der Waals surface area contributed by atoms with E-state index in [-0.39, 0.29) is 39.3 Å². The van der Waals surface area contributed by atoms with Crippen LogP contribution in [0.2, 0.25) is 0 Å². The molecule has 2 aromatic rings. The highest BCUT2D eigenvalue weighted by Gasteiger charge is 2.21. The summed E-state index contributed by atoms with van der Waals surface area (Å²) in [6, 6.07) is 9.47. The number of benzene rings is 2. The fourth-order valence-corrected chi connectivity index (χ4v) is 3.62. The number of ketones is 2. The molecule has 0 atom stereocenters. The summed E-state index contributed by atoms with van der Waals surface area (Å²) in [5, 5.41) is 20.7. The van der Waals surface area contributed by atoms with Gasteiger partial charge in [0, 0.05) is 31.4 Å². The van der Waals surface area contributed by atoms with Gasteiger partial charge in [-0.15, -0.1) is 0 Å². The summed E-state index contributed by atoms with van der Waals surface area (Å²) < 4.78 is 13.9. The van der Waals surface area contributed by atoms with E-state index in [4.69, 9.17) is 9.84 Å². The number of carboxylic acids is 1. The van der Waals surface area contributed by atoms with E-state index in [0.717, 1.165) is 27.2 Å². The van der Waals surface area contributed by atoms with Gasteiger partial charge >= 0.3 is 23.9 Å². The summed E-state index contributed by atoms with van der Waals surface area (Å²) in [6.45, 7) is 12.6. The number of ether oxygens (including phenoxy) is 3. The van der Waals surface area contributed by atoms with Crippen LogP contribution in [0.25, 0.3) is 0 Å². The average molecular weight is 765 g/mol. The molecule has 0 unspecified atom stereocenters. The van der Waals surface area contributed by atoms with E-state index in [0.29, 0.717) is 0 Å². The van der Waals surface area contributed by atoms with E-state index in [1.165, 1.54) is 75.8 Å². The number of Topliss-reactive ketones (excluding diaryl/α,β-unsaturated/α-hetero) is 2. The molecule has 18 heteroatoms. The molecule has 0 fully saturated rings. The Labute approximate surface area is 317 Å². The van der Waals surface area contributed by atoms with Crippen LogP contribution in [0.4, 0.5) is 17.1 Å². The molecule has 5 N–H and O–H groups in total. The van der Waals surface area contributed by atoms with Crippen molar-refractivity contribution < 1.29 is 57.7 Å². The number of hydrogen-bond acceptors (Lipinski definition) is 15. The van der Waals surface area contributed by atoms with Gasteiger partial charge in [0.15, 0.2) is 23.0 Å². The molecule has 2 amide bonds. The molecule has 0 aliphatic rings. The highest BCUT2D eigenvalue weighted by Crippen LogP contribution is 2.20. The lowest BCUT2D eigenvalue weighted by molar-refractivity contribution is -0.136. The number of esters is 3. The number of hydrazone groups is 2. The second-order valence-corrected chi connectivity index (χ2v) is 10.1. The predicted molar refractivity (Wildman–Crippen MR) is 205 cm³/mol. The third-order valence-corrected chi connectivity index (χ3v) is 6.37. The Balaban J connectivity index is 0.00000257. The van der Waals surface area contributed by atoms with Crippen LogP contribution in [0.5, 0.6) is 0 Å². The van der Waals surface area contributed by atoms with Crippen molar-refractivity contribution in [1.29, 1.82) is 0 Å². The number of anilines is 3.